The molecule has 2 atom stereocenters. The molecule has 0 N–H and O–H groups in total. The summed E-state index contributed by atoms with van der Waals surface area (Å²) in [6, 6.07) is 0. The van der Waals surface area contributed by atoms with Crippen LogP contribution in [0.15, 0.2) is 12.2 Å². The first-order valence-corrected chi connectivity index (χ1v) is 3.79. The van der Waals surface area contributed by atoms with Gasteiger partial charge in [-0.1, -0.05) is 12.2 Å². The Morgan fingerprint density at radius 1 is 1.20 bits per heavy atom. The fourth-order valence-corrected chi connectivity index (χ4v) is 1.53. The van der Waals surface area contributed by atoms with Crippen LogP contribution in [0.3, 0.4) is 0 Å². The lowest BCUT2D eigenvalue weighted by atomic mass is 10.0. The Balaban J connectivity index is 2.11. The Morgan fingerprint density at radius 2 is 1.70 bits per heavy atom. The highest BCUT2D eigenvalue weighted by molar-refractivity contribution is 7.79. The fraction of sp³-hybridized carbons (Fsp3) is 0.571. The van der Waals surface area contributed by atoms with Gasteiger partial charge in [0.25, 0.3) is 0 Å². The monoisotopic (exact) mass is 156 g/mol. The molecule has 1 heterocycles. The fourth-order valence-electron chi connectivity index (χ4n) is 1.29. The van der Waals surface area contributed by atoms with Crippen LogP contribution in [0.2, 0.25) is 0 Å². The quantitative estimate of drug-likeness (QED) is 0.390. The number of rotatable bonds is 0. The molecule has 0 aromatic carbocycles. The summed E-state index contributed by atoms with van der Waals surface area (Å²) in [6.07, 6.45) is 6.47. The van der Waals surface area contributed by atoms with Gasteiger partial charge >= 0.3 is 5.24 Å². The van der Waals surface area contributed by atoms with E-state index in [0.717, 1.165) is 12.8 Å². The molecule has 0 spiro atoms. The summed E-state index contributed by atoms with van der Waals surface area (Å²) >= 11 is 4.76. The van der Waals surface area contributed by atoms with Gasteiger partial charge in [0.05, 0.1) is 0 Å². The number of hydrogen-bond acceptors (Lipinski definition) is 3. The average Bonchev–Trinajstić information content (AvgIpc) is 2.27. The third-order valence-electron chi connectivity index (χ3n) is 1.81. The van der Waals surface area contributed by atoms with Crippen molar-refractivity contribution < 1.29 is 9.47 Å². The van der Waals surface area contributed by atoms with E-state index in [1.807, 2.05) is 0 Å². The molecule has 10 heavy (non-hydrogen) atoms. The predicted octanol–water partition coefficient (Wildman–Crippen LogP) is 1.41. The summed E-state index contributed by atoms with van der Waals surface area (Å²) in [5.74, 6) is 0. The lowest BCUT2D eigenvalue weighted by Crippen LogP contribution is -2.23. The molecule has 1 fully saturated rings. The molecule has 54 valence electrons. The van der Waals surface area contributed by atoms with E-state index >= 15 is 0 Å². The van der Waals surface area contributed by atoms with Crippen LogP contribution in [-0.4, -0.2) is 17.4 Å². The van der Waals surface area contributed by atoms with E-state index in [9.17, 15) is 0 Å². The second kappa shape index (κ2) is 2.23. The third kappa shape index (κ3) is 0.904. The minimum Gasteiger partial charge on any atom is -0.449 e. The molecule has 2 nitrogen and oxygen atoms in total. The van der Waals surface area contributed by atoms with Crippen molar-refractivity contribution in [3.05, 3.63) is 12.2 Å². The molecule has 2 unspecified atom stereocenters. The van der Waals surface area contributed by atoms with Crippen molar-refractivity contribution in [2.24, 2.45) is 0 Å². The van der Waals surface area contributed by atoms with Crippen molar-refractivity contribution in [1.29, 1.82) is 0 Å². The van der Waals surface area contributed by atoms with Gasteiger partial charge in [0, 0.05) is 25.1 Å². The molecule has 0 amide bonds. The first kappa shape index (κ1) is 6.16. The SMILES string of the molecule is S=C1OC2CC=CCC2O1. The lowest BCUT2D eigenvalue weighted by Gasteiger charge is -2.15. The summed E-state index contributed by atoms with van der Waals surface area (Å²) in [7, 11) is 0. The van der Waals surface area contributed by atoms with Gasteiger partial charge in [0.2, 0.25) is 0 Å². The van der Waals surface area contributed by atoms with Crippen LogP contribution in [-0.2, 0) is 9.47 Å². The maximum Gasteiger partial charge on any atom is 0.353 e. The van der Waals surface area contributed by atoms with Gasteiger partial charge in [-0.2, -0.15) is 0 Å². The Hall–Kier alpha value is -0.570. The van der Waals surface area contributed by atoms with Crippen molar-refractivity contribution in [2.75, 3.05) is 0 Å². The summed E-state index contributed by atoms with van der Waals surface area (Å²) in [4.78, 5) is 0. The first-order valence-electron chi connectivity index (χ1n) is 3.38. The molecule has 1 saturated heterocycles. The van der Waals surface area contributed by atoms with Crippen LogP contribution in [0.4, 0.5) is 0 Å². The van der Waals surface area contributed by atoms with Crippen molar-refractivity contribution in [3.8, 4) is 0 Å². The molecular formula is C7H8O2S. The van der Waals surface area contributed by atoms with Crippen molar-refractivity contribution in [2.45, 2.75) is 25.0 Å². The highest BCUT2D eigenvalue weighted by Crippen LogP contribution is 2.25. The molecule has 2 aliphatic rings. The van der Waals surface area contributed by atoms with Crippen LogP contribution < -0.4 is 0 Å². The van der Waals surface area contributed by atoms with E-state index in [0.29, 0.717) is 5.24 Å². The first-order chi connectivity index (χ1) is 4.86. The van der Waals surface area contributed by atoms with Gasteiger partial charge in [0.1, 0.15) is 12.2 Å². The molecule has 2 rings (SSSR count). The topological polar surface area (TPSA) is 18.5 Å². The number of hydrogen-bond donors (Lipinski definition) is 0. The molecule has 0 aromatic rings. The van der Waals surface area contributed by atoms with Crippen LogP contribution in [0, 0.1) is 0 Å². The van der Waals surface area contributed by atoms with Gasteiger partial charge in [-0.05, 0) is 0 Å². The largest absolute Gasteiger partial charge is 0.449 e. The standard InChI is InChI=1S/C7H8O2S/c10-7-8-5-3-1-2-4-6(5)9-7/h1-2,5-6H,3-4H2. The zero-order valence-corrected chi connectivity index (χ0v) is 6.26. The summed E-state index contributed by atoms with van der Waals surface area (Å²) in [5.41, 5.74) is 0. The van der Waals surface area contributed by atoms with Gasteiger partial charge in [-0.15, -0.1) is 0 Å². The Kier molecular flexibility index (Phi) is 1.38. The highest BCUT2D eigenvalue weighted by Gasteiger charge is 2.33. The summed E-state index contributed by atoms with van der Waals surface area (Å²) < 4.78 is 10.4. The van der Waals surface area contributed by atoms with Crippen molar-refractivity contribution in [1.82, 2.24) is 0 Å². The normalized spacial score (nSPS) is 36.6. The van der Waals surface area contributed by atoms with Gasteiger partial charge in [-0.3, -0.25) is 0 Å². The Bertz CT molecular complexity index is 170. The zero-order chi connectivity index (χ0) is 6.97. The minimum absolute atomic E-state index is 0.192. The molecule has 1 aliphatic carbocycles. The maximum absolute atomic E-state index is 5.22. The maximum atomic E-state index is 5.22. The number of fused-ring (bicyclic) bond motifs is 1. The zero-order valence-electron chi connectivity index (χ0n) is 5.45. The molecular weight excluding hydrogens is 148 g/mol. The molecule has 1 aliphatic heterocycles. The van der Waals surface area contributed by atoms with Gasteiger partial charge in [-0.25, -0.2) is 0 Å². The number of ether oxygens (including phenoxy) is 2. The van der Waals surface area contributed by atoms with E-state index in [2.05, 4.69) is 12.2 Å². The Labute approximate surface area is 64.8 Å². The van der Waals surface area contributed by atoms with Crippen molar-refractivity contribution in [3.63, 3.8) is 0 Å². The van der Waals surface area contributed by atoms with Crippen molar-refractivity contribution >= 4 is 17.5 Å². The van der Waals surface area contributed by atoms with E-state index in [-0.39, 0.29) is 12.2 Å². The summed E-state index contributed by atoms with van der Waals surface area (Å²) in [5, 5.41) is 0.318. The van der Waals surface area contributed by atoms with E-state index in [4.69, 9.17) is 21.7 Å². The Morgan fingerprint density at radius 3 is 2.20 bits per heavy atom. The molecule has 0 saturated carbocycles. The van der Waals surface area contributed by atoms with E-state index < -0.39 is 0 Å². The molecule has 0 radical (unpaired) electrons. The molecule has 3 heteroatoms. The van der Waals surface area contributed by atoms with Crippen LogP contribution in [0.1, 0.15) is 12.8 Å². The van der Waals surface area contributed by atoms with E-state index in [1.54, 1.807) is 0 Å². The highest BCUT2D eigenvalue weighted by atomic mass is 32.1. The van der Waals surface area contributed by atoms with Crippen LogP contribution in [0.5, 0.6) is 0 Å². The lowest BCUT2D eigenvalue weighted by molar-refractivity contribution is 0.153. The molecule has 0 aromatic heterocycles. The minimum atomic E-state index is 0.192. The van der Waals surface area contributed by atoms with E-state index in [1.165, 1.54) is 0 Å². The third-order valence-corrected chi connectivity index (χ3v) is 2.01. The average molecular weight is 156 g/mol. The van der Waals surface area contributed by atoms with Crippen LogP contribution >= 0.6 is 12.2 Å². The van der Waals surface area contributed by atoms with Gasteiger partial charge in [0.15, 0.2) is 0 Å². The second-order valence-electron chi connectivity index (χ2n) is 2.51. The number of thiocarbonyl (C=S) groups is 1. The smallest absolute Gasteiger partial charge is 0.353 e. The second-order valence-corrected chi connectivity index (χ2v) is 2.84. The summed E-state index contributed by atoms with van der Waals surface area (Å²) in [6.45, 7) is 0. The van der Waals surface area contributed by atoms with Crippen LogP contribution in [0.25, 0.3) is 0 Å². The van der Waals surface area contributed by atoms with Gasteiger partial charge < -0.3 is 9.47 Å². The predicted molar refractivity (Wildman–Crippen MR) is 40.7 cm³/mol. The molecule has 0 bridgehead atoms.